The monoisotopic (exact) mass is 438 g/mol. The van der Waals surface area contributed by atoms with E-state index in [-0.39, 0.29) is 24.2 Å². The van der Waals surface area contributed by atoms with Gasteiger partial charge in [0, 0.05) is 38.3 Å². The number of hydrogen-bond donors (Lipinski definition) is 1. The van der Waals surface area contributed by atoms with Crippen LogP contribution in [0.1, 0.15) is 43.5 Å². The van der Waals surface area contributed by atoms with Crippen LogP contribution >= 0.6 is 0 Å². The maximum absolute atomic E-state index is 12.7. The molecule has 0 saturated carbocycles. The second-order valence-electron chi connectivity index (χ2n) is 8.05. The number of amides is 1. The lowest BCUT2D eigenvalue weighted by Gasteiger charge is -2.33. The molecule has 8 nitrogen and oxygen atoms in total. The SMILES string of the molecule is O=C(Cn1nc2n(c1=O)CCCCC2)NC1CCN(c2ccc(C(F)(F)F)cn2)CC1. The lowest BCUT2D eigenvalue weighted by molar-refractivity contribution is -0.137. The van der Waals surface area contributed by atoms with Crippen LogP contribution in [-0.2, 0) is 30.5 Å². The molecule has 1 fully saturated rings. The zero-order valence-electron chi connectivity index (χ0n) is 17.1. The summed E-state index contributed by atoms with van der Waals surface area (Å²) < 4.78 is 40.9. The second kappa shape index (κ2) is 8.72. The number of fused-ring (bicyclic) bond motifs is 1. The molecular weight excluding hydrogens is 413 g/mol. The van der Waals surface area contributed by atoms with Crippen molar-refractivity contribution in [2.75, 3.05) is 18.0 Å². The molecule has 1 N–H and O–H groups in total. The number of hydrogen-bond acceptors (Lipinski definition) is 5. The number of nitrogens with zero attached hydrogens (tertiary/aromatic N) is 5. The number of carbonyl (C=O) groups is 1. The number of alkyl halides is 3. The van der Waals surface area contributed by atoms with E-state index in [1.807, 2.05) is 4.90 Å². The van der Waals surface area contributed by atoms with Gasteiger partial charge in [-0.2, -0.15) is 18.3 Å². The number of rotatable bonds is 4. The van der Waals surface area contributed by atoms with Crippen LogP contribution in [0, 0.1) is 0 Å². The highest BCUT2D eigenvalue weighted by Crippen LogP contribution is 2.29. The van der Waals surface area contributed by atoms with E-state index in [0.717, 1.165) is 43.8 Å². The molecule has 2 aliphatic rings. The first kappa shape index (κ1) is 21.4. The Morgan fingerprint density at radius 3 is 2.58 bits per heavy atom. The Hall–Kier alpha value is -2.85. The summed E-state index contributed by atoms with van der Waals surface area (Å²) in [4.78, 5) is 30.8. The summed E-state index contributed by atoms with van der Waals surface area (Å²) in [6, 6.07) is 2.34. The highest BCUT2D eigenvalue weighted by molar-refractivity contribution is 5.76. The molecule has 31 heavy (non-hydrogen) atoms. The molecule has 4 rings (SSSR count). The van der Waals surface area contributed by atoms with Crippen LogP contribution in [0.5, 0.6) is 0 Å². The van der Waals surface area contributed by atoms with Gasteiger partial charge in [0.1, 0.15) is 18.2 Å². The quantitative estimate of drug-likeness (QED) is 0.789. The maximum Gasteiger partial charge on any atom is 0.417 e. The van der Waals surface area contributed by atoms with E-state index < -0.39 is 11.7 Å². The Morgan fingerprint density at radius 2 is 1.90 bits per heavy atom. The fraction of sp³-hybridized carbons (Fsp3) is 0.600. The van der Waals surface area contributed by atoms with Gasteiger partial charge in [0.25, 0.3) is 0 Å². The number of halogens is 3. The van der Waals surface area contributed by atoms with Crippen molar-refractivity contribution >= 4 is 11.7 Å². The van der Waals surface area contributed by atoms with Gasteiger partial charge in [-0.1, -0.05) is 6.42 Å². The molecule has 0 atom stereocenters. The van der Waals surface area contributed by atoms with Gasteiger partial charge in [-0.05, 0) is 37.8 Å². The Balaban J connectivity index is 1.29. The van der Waals surface area contributed by atoms with Crippen molar-refractivity contribution in [1.82, 2.24) is 24.6 Å². The van der Waals surface area contributed by atoms with E-state index in [1.54, 1.807) is 4.57 Å². The maximum atomic E-state index is 12.7. The van der Waals surface area contributed by atoms with E-state index in [2.05, 4.69) is 15.4 Å². The predicted octanol–water partition coefficient (Wildman–Crippen LogP) is 1.97. The fourth-order valence-corrected chi connectivity index (χ4v) is 4.13. The van der Waals surface area contributed by atoms with E-state index in [9.17, 15) is 22.8 Å². The fourth-order valence-electron chi connectivity index (χ4n) is 4.13. The van der Waals surface area contributed by atoms with Crippen LogP contribution in [0.2, 0.25) is 0 Å². The third kappa shape index (κ3) is 4.91. The van der Waals surface area contributed by atoms with Gasteiger partial charge >= 0.3 is 11.9 Å². The molecule has 2 aromatic rings. The standard InChI is InChI=1S/C20H25F3N6O2/c21-20(22,23)14-5-6-16(24-12-14)27-10-7-15(8-11-27)25-18(30)13-29-19(31)28-9-3-1-2-4-17(28)26-29/h5-6,12,15H,1-4,7-11,13H2,(H,25,30). The first-order valence-electron chi connectivity index (χ1n) is 10.6. The number of nitrogens with one attached hydrogen (secondary N) is 1. The summed E-state index contributed by atoms with van der Waals surface area (Å²) in [5, 5.41) is 7.27. The number of aromatic nitrogens is 4. The molecule has 1 saturated heterocycles. The summed E-state index contributed by atoms with van der Waals surface area (Å²) in [6.07, 6.45) is 1.48. The van der Waals surface area contributed by atoms with Crippen molar-refractivity contribution in [3.8, 4) is 0 Å². The molecule has 0 unspecified atom stereocenters. The average molecular weight is 438 g/mol. The molecule has 168 valence electrons. The largest absolute Gasteiger partial charge is 0.417 e. The van der Waals surface area contributed by atoms with Crippen LogP contribution in [0.3, 0.4) is 0 Å². The Bertz CT molecular complexity index is 974. The lowest BCUT2D eigenvalue weighted by Crippen LogP contribution is -2.46. The van der Waals surface area contributed by atoms with Crippen molar-refractivity contribution in [1.29, 1.82) is 0 Å². The van der Waals surface area contributed by atoms with Crippen molar-refractivity contribution in [2.45, 2.75) is 63.8 Å². The normalized spacial score (nSPS) is 17.8. The first-order valence-corrected chi connectivity index (χ1v) is 10.6. The van der Waals surface area contributed by atoms with Crippen LogP contribution < -0.4 is 15.9 Å². The molecule has 11 heteroatoms. The molecule has 4 heterocycles. The van der Waals surface area contributed by atoms with E-state index in [0.29, 0.717) is 38.3 Å². The van der Waals surface area contributed by atoms with E-state index in [4.69, 9.17) is 0 Å². The third-order valence-electron chi connectivity index (χ3n) is 5.83. The summed E-state index contributed by atoms with van der Waals surface area (Å²) in [6.45, 7) is 1.68. The molecule has 2 aliphatic heterocycles. The van der Waals surface area contributed by atoms with Crippen LogP contribution in [-0.4, -0.2) is 44.4 Å². The number of aryl methyl sites for hydroxylation is 1. The molecular formula is C20H25F3N6O2. The minimum absolute atomic E-state index is 0.0608. The molecule has 0 bridgehead atoms. The summed E-state index contributed by atoms with van der Waals surface area (Å²) >= 11 is 0. The van der Waals surface area contributed by atoms with Gasteiger partial charge in [0.05, 0.1) is 5.56 Å². The predicted molar refractivity (Wildman–Crippen MR) is 107 cm³/mol. The van der Waals surface area contributed by atoms with Crippen molar-refractivity contribution in [3.63, 3.8) is 0 Å². The zero-order chi connectivity index (χ0) is 22.0. The van der Waals surface area contributed by atoms with Crippen LogP contribution in [0.25, 0.3) is 0 Å². The van der Waals surface area contributed by atoms with Crippen LogP contribution in [0.4, 0.5) is 19.0 Å². The van der Waals surface area contributed by atoms with E-state index in [1.165, 1.54) is 10.7 Å². The lowest BCUT2D eigenvalue weighted by atomic mass is 10.0. The Labute approximate surface area is 177 Å². The first-order chi connectivity index (χ1) is 14.8. The van der Waals surface area contributed by atoms with Crippen LogP contribution in [0.15, 0.2) is 23.1 Å². The number of piperidine rings is 1. The molecule has 0 radical (unpaired) electrons. The highest BCUT2D eigenvalue weighted by Gasteiger charge is 2.31. The topological polar surface area (TPSA) is 85.0 Å². The van der Waals surface area contributed by atoms with E-state index >= 15 is 0 Å². The molecule has 1 amide bonds. The summed E-state index contributed by atoms with van der Waals surface area (Å²) in [5.74, 6) is 0.970. The molecule has 0 aromatic carbocycles. The number of carbonyl (C=O) groups excluding carboxylic acids is 1. The number of pyridine rings is 1. The molecule has 0 spiro atoms. The van der Waals surface area contributed by atoms with Gasteiger partial charge in [-0.25, -0.2) is 14.5 Å². The van der Waals surface area contributed by atoms with Gasteiger partial charge in [0.15, 0.2) is 0 Å². The Kier molecular flexibility index (Phi) is 6.01. The minimum atomic E-state index is -4.40. The average Bonchev–Trinajstić information content (AvgIpc) is 2.90. The summed E-state index contributed by atoms with van der Waals surface area (Å²) in [7, 11) is 0. The zero-order valence-corrected chi connectivity index (χ0v) is 17.1. The van der Waals surface area contributed by atoms with Crippen molar-refractivity contribution in [3.05, 3.63) is 40.2 Å². The number of anilines is 1. The molecule has 0 aliphatic carbocycles. The minimum Gasteiger partial charge on any atom is -0.356 e. The van der Waals surface area contributed by atoms with Gasteiger partial charge in [-0.15, -0.1) is 0 Å². The van der Waals surface area contributed by atoms with Crippen molar-refractivity contribution in [2.24, 2.45) is 0 Å². The summed E-state index contributed by atoms with van der Waals surface area (Å²) in [5.41, 5.74) is -1.01. The van der Waals surface area contributed by atoms with Gasteiger partial charge < -0.3 is 10.2 Å². The van der Waals surface area contributed by atoms with Crippen molar-refractivity contribution < 1.29 is 18.0 Å². The smallest absolute Gasteiger partial charge is 0.356 e. The second-order valence-corrected chi connectivity index (χ2v) is 8.05. The van der Waals surface area contributed by atoms with Gasteiger partial charge in [0.2, 0.25) is 5.91 Å². The Morgan fingerprint density at radius 1 is 1.13 bits per heavy atom. The van der Waals surface area contributed by atoms with Gasteiger partial charge in [-0.3, -0.25) is 9.36 Å². The molecule has 2 aromatic heterocycles. The highest BCUT2D eigenvalue weighted by atomic mass is 19.4. The third-order valence-corrected chi connectivity index (χ3v) is 5.83.